The molecule has 1 N–H and O–H groups in total. The quantitative estimate of drug-likeness (QED) is 0.659. The predicted molar refractivity (Wildman–Crippen MR) is 65.5 cm³/mol. The van der Waals surface area contributed by atoms with E-state index in [9.17, 15) is 0 Å². The fourth-order valence-electron chi connectivity index (χ4n) is 2.33. The van der Waals surface area contributed by atoms with Gasteiger partial charge >= 0.3 is 0 Å². The van der Waals surface area contributed by atoms with Crippen molar-refractivity contribution in [1.29, 1.82) is 0 Å². The van der Waals surface area contributed by atoms with Crippen LogP contribution >= 0.6 is 0 Å². The average Bonchev–Trinajstić information content (AvgIpc) is 2.18. The van der Waals surface area contributed by atoms with Crippen LogP contribution in [0.4, 0.5) is 0 Å². The lowest BCUT2D eigenvalue weighted by Crippen LogP contribution is -2.38. The van der Waals surface area contributed by atoms with Crippen LogP contribution in [-0.2, 0) is 0 Å². The molecule has 0 aromatic carbocycles. The van der Waals surface area contributed by atoms with Gasteiger partial charge in [0.25, 0.3) is 0 Å². The minimum atomic E-state index is 0.689. The molecule has 0 heterocycles. The Morgan fingerprint density at radius 1 is 0.929 bits per heavy atom. The molecular weight excluding hydrogens is 170 g/mol. The lowest BCUT2D eigenvalue weighted by Gasteiger charge is -2.30. The maximum Gasteiger partial charge on any atom is 0.0115 e. The first-order valence-electron chi connectivity index (χ1n) is 6.23. The van der Waals surface area contributed by atoms with Gasteiger partial charge in [-0.15, -0.1) is 0 Å². The van der Waals surface area contributed by atoms with Crippen molar-refractivity contribution in [3.05, 3.63) is 0 Å². The smallest absolute Gasteiger partial charge is 0.0115 e. The Balaban J connectivity index is 4.09. The number of nitrogens with one attached hydrogen (secondary N) is 1. The van der Waals surface area contributed by atoms with Gasteiger partial charge in [-0.2, -0.15) is 0 Å². The molecule has 4 atom stereocenters. The second-order valence-electron chi connectivity index (χ2n) is 4.93. The molecule has 1 heteroatoms. The molecule has 0 saturated carbocycles. The molecule has 0 aliphatic rings. The maximum absolute atomic E-state index is 3.48. The second kappa shape index (κ2) is 7.28. The maximum atomic E-state index is 3.48. The Morgan fingerprint density at radius 3 is 1.86 bits per heavy atom. The fourth-order valence-corrected chi connectivity index (χ4v) is 2.33. The fraction of sp³-hybridized carbons (Fsp3) is 1.00. The molecule has 1 nitrogen and oxygen atoms in total. The van der Waals surface area contributed by atoms with Crippen LogP contribution in [0.3, 0.4) is 0 Å². The summed E-state index contributed by atoms with van der Waals surface area (Å²) < 4.78 is 0. The van der Waals surface area contributed by atoms with Crippen LogP contribution in [-0.4, -0.2) is 13.1 Å². The molecular formula is C13H29N. The topological polar surface area (TPSA) is 12.0 Å². The van der Waals surface area contributed by atoms with Crippen molar-refractivity contribution in [2.24, 2.45) is 17.8 Å². The van der Waals surface area contributed by atoms with E-state index in [1.165, 1.54) is 19.3 Å². The van der Waals surface area contributed by atoms with Crippen LogP contribution in [0.1, 0.15) is 53.9 Å². The van der Waals surface area contributed by atoms with Crippen LogP contribution in [0.25, 0.3) is 0 Å². The lowest BCUT2D eigenvalue weighted by molar-refractivity contribution is 0.254. The van der Waals surface area contributed by atoms with Crippen molar-refractivity contribution in [1.82, 2.24) is 5.32 Å². The second-order valence-corrected chi connectivity index (χ2v) is 4.93. The zero-order chi connectivity index (χ0) is 11.1. The van der Waals surface area contributed by atoms with E-state index in [2.05, 4.69) is 47.0 Å². The molecule has 0 radical (unpaired) electrons. The van der Waals surface area contributed by atoms with Gasteiger partial charge in [-0.1, -0.05) is 47.5 Å². The van der Waals surface area contributed by atoms with Gasteiger partial charge in [0.05, 0.1) is 0 Å². The monoisotopic (exact) mass is 199 g/mol. The molecule has 0 aliphatic carbocycles. The van der Waals surface area contributed by atoms with Crippen LogP contribution in [0.2, 0.25) is 0 Å². The Hall–Kier alpha value is -0.0400. The highest BCUT2D eigenvalue weighted by molar-refractivity contribution is 4.77. The average molecular weight is 199 g/mol. The zero-order valence-electron chi connectivity index (χ0n) is 10.9. The molecule has 0 aliphatic heterocycles. The summed E-state index contributed by atoms with van der Waals surface area (Å²) in [6.45, 7) is 11.7. The molecule has 0 saturated heterocycles. The third-order valence-corrected chi connectivity index (χ3v) is 3.67. The molecule has 0 rings (SSSR count). The summed E-state index contributed by atoms with van der Waals surface area (Å²) in [5, 5.41) is 3.48. The standard InChI is InChI=1S/C13H29N/c1-7-10(3)9-12(5)13(14-6)11(4)8-2/h10-14H,7-9H2,1-6H3/t10?,11-,12?,13?/m0/s1. The molecule has 0 fully saturated rings. The number of rotatable bonds is 7. The molecule has 14 heavy (non-hydrogen) atoms. The highest BCUT2D eigenvalue weighted by Crippen LogP contribution is 2.23. The van der Waals surface area contributed by atoms with Crippen molar-refractivity contribution in [2.45, 2.75) is 59.9 Å². The summed E-state index contributed by atoms with van der Waals surface area (Å²) in [5.74, 6) is 2.45. The summed E-state index contributed by atoms with van der Waals surface area (Å²) in [6, 6.07) is 0.689. The normalized spacial score (nSPS) is 20.1. The van der Waals surface area contributed by atoms with Gasteiger partial charge < -0.3 is 5.32 Å². The Morgan fingerprint density at radius 2 is 1.50 bits per heavy atom. The SMILES string of the molecule is CCC(C)CC(C)C(NC)[C@@H](C)CC. The van der Waals surface area contributed by atoms with E-state index in [1.54, 1.807) is 0 Å². The van der Waals surface area contributed by atoms with E-state index in [1.807, 2.05) is 0 Å². The van der Waals surface area contributed by atoms with Crippen molar-refractivity contribution in [2.75, 3.05) is 7.05 Å². The van der Waals surface area contributed by atoms with E-state index in [-0.39, 0.29) is 0 Å². The summed E-state index contributed by atoms with van der Waals surface area (Å²) in [6.07, 6.45) is 3.93. The number of hydrogen-bond acceptors (Lipinski definition) is 1. The number of hydrogen-bond donors (Lipinski definition) is 1. The molecule has 0 aromatic heterocycles. The van der Waals surface area contributed by atoms with E-state index in [0.717, 1.165) is 17.8 Å². The van der Waals surface area contributed by atoms with Crippen LogP contribution < -0.4 is 5.32 Å². The van der Waals surface area contributed by atoms with Crippen molar-refractivity contribution >= 4 is 0 Å². The van der Waals surface area contributed by atoms with Crippen LogP contribution in [0, 0.1) is 17.8 Å². The highest BCUT2D eigenvalue weighted by Gasteiger charge is 2.21. The Bertz CT molecular complexity index is 133. The highest BCUT2D eigenvalue weighted by atomic mass is 14.9. The largest absolute Gasteiger partial charge is 0.316 e. The first-order chi connectivity index (χ1) is 6.56. The lowest BCUT2D eigenvalue weighted by atomic mass is 9.83. The van der Waals surface area contributed by atoms with Crippen LogP contribution in [0.15, 0.2) is 0 Å². The third kappa shape index (κ3) is 4.45. The first kappa shape index (κ1) is 14.0. The van der Waals surface area contributed by atoms with Crippen molar-refractivity contribution in [3.63, 3.8) is 0 Å². The summed E-state index contributed by atoms with van der Waals surface area (Å²) in [7, 11) is 2.10. The Labute approximate surface area is 90.7 Å². The molecule has 3 unspecified atom stereocenters. The Kier molecular flexibility index (Phi) is 7.26. The molecule has 0 bridgehead atoms. The molecule has 0 aromatic rings. The predicted octanol–water partition coefficient (Wildman–Crippen LogP) is 3.69. The van der Waals surface area contributed by atoms with E-state index >= 15 is 0 Å². The van der Waals surface area contributed by atoms with E-state index in [0.29, 0.717) is 6.04 Å². The first-order valence-corrected chi connectivity index (χ1v) is 6.23. The summed E-state index contributed by atoms with van der Waals surface area (Å²) >= 11 is 0. The minimum absolute atomic E-state index is 0.689. The minimum Gasteiger partial charge on any atom is -0.316 e. The van der Waals surface area contributed by atoms with Crippen molar-refractivity contribution in [3.8, 4) is 0 Å². The molecule has 86 valence electrons. The van der Waals surface area contributed by atoms with Gasteiger partial charge in [-0.3, -0.25) is 0 Å². The zero-order valence-corrected chi connectivity index (χ0v) is 10.9. The van der Waals surface area contributed by atoms with E-state index < -0.39 is 0 Å². The van der Waals surface area contributed by atoms with Gasteiger partial charge in [-0.05, 0) is 31.2 Å². The van der Waals surface area contributed by atoms with Gasteiger partial charge in [0.1, 0.15) is 0 Å². The summed E-state index contributed by atoms with van der Waals surface area (Å²) in [4.78, 5) is 0. The van der Waals surface area contributed by atoms with Gasteiger partial charge in [0.2, 0.25) is 0 Å². The van der Waals surface area contributed by atoms with Crippen LogP contribution in [0.5, 0.6) is 0 Å². The van der Waals surface area contributed by atoms with E-state index in [4.69, 9.17) is 0 Å². The van der Waals surface area contributed by atoms with Crippen molar-refractivity contribution < 1.29 is 0 Å². The van der Waals surface area contributed by atoms with Gasteiger partial charge in [0, 0.05) is 6.04 Å². The van der Waals surface area contributed by atoms with Gasteiger partial charge in [0.15, 0.2) is 0 Å². The summed E-state index contributed by atoms with van der Waals surface area (Å²) in [5.41, 5.74) is 0. The third-order valence-electron chi connectivity index (χ3n) is 3.67. The molecule has 0 spiro atoms. The van der Waals surface area contributed by atoms with Gasteiger partial charge in [-0.25, -0.2) is 0 Å². The molecule has 0 amide bonds.